The number of hydrogen-bond acceptors (Lipinski definition) is 8. The fourth-order valence-electron chi connectivity index (χ4n) is 5.87. The number of nitrogens with zero attached hydrogens (tertiary/aromatic N) is 6. The minimum atomic E-state index is 0.132. The van der Waals surface area contributed by atoms with E-state index in [0.29, 0.717) is 11.6 Å². The van der Waals surface area contributed by atoms with E-state index < -0.39 is 0 Å². The monoisotopic (exact) mass is 483 g/mol. The molecular formula is C28H33N7O. The molecule has 0 bridgehead atoms. The first-order chi connectivity index (χ1) is 17.6. The molecule has 0 radical (unpaired) electrons. The number of nitrogens with one attached hydrogen (secondary N) is 1. The summed E-state index contributed by atoms with van der Waals surface area (Å²) in [7, 11) is 0. The van der Waals surface area contributed by atoms with Crippen LogP contribution in [-0.4, -0.2) is 72.9 Å². The number of nitriles is 1. The summed E-state index contributed by atoms with van der Waals surface area (Å²) in [5.74, 6) is 1.10. The van der Waals surface area contributed by atoms with E-state index in [1.54, 1.807) is 6.20 Å². The Bertz CT molecular complexity index is 1300. The van der Waals surface area contributed by atoms with Crippen LogP contribution in [0.25, 0.3) is 10.9 Å². The highest BCUT2D eigenvalue weighted by Gasteiger charge is 2.30. The maximum absolute atomic E-state index is 9.51. The van der Waals surface area contributed by atoms with Crippen molar-refractivity contribution in [3.63, 3.8) is 0 Å². The Hall–Kier alpha value is -3.25. The fourth-order valence-corrected chi connectivity index (χ4v) is 5.87. The highest BCUT2D eigenvalue weighted by Crippen LogP contribution is 2.31. The summed E-state index contributed by atoms with van der Waals surface area (Å²) in [4.78, 5) is 16.8. The van der Waals surface area contributed by atoms with Gasteiger partial charge >= 0.3 is 0 Å². The van der Waals surface area contributed by atoms with Crippen molar-refractivity contribution in [1.29, 1.82) is 5.26 Å². The lowest BCUT2D eigenvalue weighted by Crippen LogP contribution is -2.54. The van der Waals surface area contributed by atoms with Crippen molar-refractivity contribution < 1.29 is 4.74 Å². The van der Waals surface area contributed by atoms with E-state index >= 15 is 0 Å². The third kappa shape index (κ3) is 4.39. The summed E-state index contributed by atoms with van der Waals surface area (Å²) in [5.41, 5.74) is 5.05. The van der Waals surface area contributed by atoms with Crippen LogP contribution in [0.3, 0.4) is 0 Å². The van der Waals surface area contributed by atoms with Gasteiger partial charge in [-0.05, 0) is 49.7 Å². The van der Waals surface area contributed by atoms with Crippen molar-refractivity contribution in [3.8, 4) is 6.07 Å². The van der Waals surface area contributed by atoms with Crippen molar-refractivity contribution in [3.05, 3.63) is 59.4 Å². The van der Waals surface area contributed by atoms with Crippen LogP contribution in [0.15, 0.2) is 42.6 Å². The molecule has 36 heavy (non-hydrogen) atoms. The molecule has 6 rings (SSSR count). The molecule has 3 atom stereocenters. The van der Waals surface area contributed by atoms with Gasteiger partial charge in [0, 0.05) is 75.7 Å². The van der Waals surface area contributed by atoms with Gasteiger partial charge in [-0.2, -0.15) is 5.26 Å². The van der Waals surface area contributed by atoms with Crippen LogP contribution >= 0.6 is 0 Å². The van der Waals surface area contributed by atoms with Crippen molar-refractivity contribution in [2.75, 3.05) is 55.6 Å². The van der Waals surface area contributed by atoms with E-state index in [0.717, 1.165) is 74.8 Å². The summed E-state index contributed by atoms with van der Waals surface area (Å²) in [5, 5.41) is 14.0. The molecule has 0 aliphatic carbocycles. The van der Waals surface area contributed by atoms with Crippen LogP contribution in [0.4, 0.5) is 11.5 Å². The molecule has 2 fully saturated rings. The molecule has 3 aromatic rings. The van der Waals surface area contributed by atoms with E-state index in [4.69, 9.17) is 9.72 Å². The molecule has 0 saturated carbocycles. The van der Waals surface area contributed by atoms with Gasteiger partial charge in [-0.25, -0.2) is 4.98 Å². The van der Waals surface area contributed by atoms with Crippen molar-refractivity contribution in [2.24, 2.45) is 0 Å². The van der Waals surface area contributed by atoms with E-state index in [-0.39, 0.29) is 12.2 Å². The zero-order valence-corrected chi connectivity index (χ0v) is 21.0. The molecule has 3 aliphatic rings. The lowest BCUT2D eigenvalue weighted by atomic mass is 10.1. The predicted octanol–water partition coefficient (Wildman–Crippen LogP) is 3.08. The van der Waals surface area contributed by atoms with Crippen LogP contribution in [0, 0.1) is 11.3 Å². The number of pyridine rings is 2. The van der Waals surface area contributed by atoms with Crippen molar-refractivity contribution in [1.82, 2.24) is 20.2 Å². The molecule has 8 heteroatoms. The van der Waals surface area contributed by atoms with Crippen molar-refractivity contribution >= 4 is 22.4 Å². The highest BCUT2D eigenvalue weighted by atomic mass is 16.5. The number of morpholine rings is 1. The van der Waals surface area contributed by atoms with E-state index in [9.17, 15) is 5.26 Å². The maximum atomic E-state index is 9.51. The molecule has 8 nitrogen and oxygen atoms in total. The molecule has 0 unspecified atom stereocenters. The lowest BCUT2D eigenvalue weighted by molar-refractivity contribution is -0.0327. The Morgan fingerprint density at radius 2 is 1.92 bits per heavy atom. The fraction of sp³-hybridized carbons (Fsp3) is 0.464. The zero-order valence-electron chi connectivity index (χ0n) is 21.0. The summed E-state index contributed by atoms with van der Waals surface area (Å²) in [6, 6.07) is 15.0. The second-order valence-corrected chi connectivity index (χ2v) is 10.2. The Labute approximate surface area is 212 Å². The van der Waals surface area contributed by atoms with Crippen molar-refractivity contribution in [2.45, 2.75) is 38.6 Å². The van der Waals surface area contributed by atoms with Crippen LogP contribution in [-0.2, 0) is 11.3 Å². The number of anilines is 2. The number of piperazine rings is 1. The van der Waals surface area contributed by atoms with Crippen LogP contribution in [0.5, 0.6) is 0 Å². The minimum Gasteiger partial charge on any atom is -0.370 e. The second-order valence-electron chi connectivity index (χ2n) is 10.2. The number of rotatable bonds is 4. The SMILES string of the molecule is C[C@@H]1CN(c2ccc(C#N)c3ncccc23)C[C@H](CN2CCN(c3ccc4c(n3)[C@@H](C)NC4)CC2)O1. The molecule has 3 aliphatic heterocycles. The first-order valence-electron chi connectivity index (χ1n) is 13.0. The first kappa shape index (κ1) is 23.2. The van der Waals surface area contributed by atoms with E-state index in [1.807, 2.05) is 12.1 Å². The average molecular weight is 484 g/mol. The molecule has 2 saturated heterocycles. The standard InChI is InChI=1S/C28H33N7O/c1-19-16-35(25-7-5-21(14-29)28-24(25)4-3-9-30-28)18-23(36-19)17-33-10-12-34(13-11-33)26-8-6-22-15-31-20(2)27(22)32-26/h3-9,19-20,23,31H,10-13,15-18H2,1-2H3/t19-,20-,23+/m1/s1. The van der Waals surface area contributed by atoms with Gasteiger partial charge in [0.15, 0.2) is 0 Å². The Morgan fingerprint density at radius 3 is 2.75 bits per heavy atom. The largest absolute Gasteiger partial charge is 0.370 e. The highest BCUT2D eigenvalue weighted by molar-refractivity contribution is 5.95. The molecule has 186 valence electrons. The summed E-state index contributed by atoms with van der Waals surface area (Å²) in [6.45, 7) is 11.8. The van der Waals surface area contributed by atoms with Gasteiger partial charge in [-0.1, -0.05) is 6.07 Å². The number of ether oxygens (including phenoxy) is 1. The quantitative estimate of drug-likeness (QED) is 0.607. The summed E-state index contributed by atoms with van der Waals surface area (Å²) in [6.07, 6.45) is 2.03. The van der Waals surface area contributed by atoms with Gasteiger partial charge in [0.05, 0.1) is 29.0 Å². The molecule has 1 aromatic carbocycles. The number of hydrogen-bond donors (Lipinski definition) is 1. The number of aromatic nitrogens is 2. The molecule has 0 amide bonds. The third-order valence-electron chi connectivity index (χ3n) is 7.70. The molecule has 2 aromatic heterocycles. The van der Waals surface area contributed by atoms with Gasteiger partial charge in [0.2, 0.25) is 0 Å². The lowest BCUT2D eigenvalue weighted by Gasteiger charge is -2.42. The first-order valence-corrected chi connectivity index (χ1v) is 13.0. The Kier molecular flexibility index (Phi) is 6.22. The second kappa shape index (κ2) is 9.66. The van der Waals surface area contributed by atoms with Gasteiger partial charge in [0.1, 0.15) is 11.9 Å². The van der Waals surface area contributed by atoms with Crippen LogP contribution < -0.4 is 15.1 Å². The maximum Gasteiger partial charge on any atom is 0.128 e. The van der Waals surface area contributed by atoms with Crippen LogP contribution in [0.1, 0.15) is 36.7 Å². The minimum absolute atomic E-state index is 0.132. The zero-order chi connectivity index (χ0) is 24.6. The van der Waals surface area contributed by atoms with Gasteiger partial charge in [-0.15, -0.1) is 0 Å². The molecule has 0 spiro atoms. The van der Waals surface area contributed by atoms with Gasteiger partial charge in [-0.3, -0.25) is 9.88 Å². The van der Waals surface area contributed by atoms with Gasteiger partial charge < -0.3 is 19.9 Å². The van der Waals surface area contributed by atoms with Crippen LogP contribution in [0.2, 0.25) is 0 Å². The topological polar surface area (TPSA) is 80.6 Å². The molecular weight excluding hydrogens is 450 g/mol. The Morgan fingerprint density at radius 1 is 1.06 bits per heavy atom. The molecule has 5 heterocycles. The van der Waals surface area contributed by atoms with Gasteiger partial charge in [0.25, 0.3) is 0 Å². The summed E-state index contributed by atoms with van der Waals surface area (Å²) >= 11 is 0. The normalized spacial score (nSPS) is 24.6. The molecule has 1 N–H and O–H groups in total. The van der Waals surface area contributed by atoms with E-state index in [2.05, 4.69) is 69.2 Å². The third-order valence-corrected chi connectivity index (χ3v) is 7.70. The number of benzene rings is 1. The van der Waals surface area contributed by atoms with E-state index in [1.165, 1.54) is 11.3 Å². The Balaban J connectivity index is 1.11. The smallest absolute Gasteiger partial charge is 0.128 e. The average Bonchev–Trinajstić information content (AvgIpc) is 3.28. The number of fused-ring (bicyclic) bond motifs is 2. The summed E-state index contributed by atoms with van der Waals surface area (Å²) < 4.78 is 6.39. The predicted molar refractivity (Wildman–Crippen MR) is 141 cm³/mol.